The van der Waals surface area contributed by atoms with Gasteiger partial charge in [0.1, 0.15) is 6.04 Å². The normalized spacial score (nSPS) is 15.6. The van der Waals surface area contributed by atoms with E-state index in [0.29, 0.717) is 29.7 Å². The van der Waals surface area contributed by atoms with E-state index in [-0.39, 0.29) is 24.3 Å². The molecule has 1 saturated heterocycles. The largest absolute Gasteiger partial charge is 0.345 e. The molecule has 2 heterocycles. The number of pyridine rings is 1. The minimum Gasteiger partial charge on any atom is -0.345 e. The van der Waals surface area contributed by atoms with Crippen LogP contribution in [-0.2, 0) is 9.59 Å². The van der Waals surface area contributed by atoms with Gasteiger partial charge in [0, 0.05) is 28.2 Å². The highest BCUT2D eigenvalue weighted by molar-refractivity contribution is 9.10. The maximum Gasteiger partial charge on any atom is 0.254 e. The summed E-state index contributed by atoms with van der Waals surface area (Å²) >= 11 is 3.35. The molecule has 0 radical (unpaired) electrons. The van der Waals surface area contributed by atoms with E-state index in [9.17, 15) is 14.4 Å². The minimum atomic E-state index is -0.580. The van der Waals surface area contributed by atoms with Crippen molar-refractivity contribution >= 4 is 50.2 Å². The Morgan fingerprint density at radius 1 is 1.06 bits per heavy atom. The average molecular weight is 481 g/mol. The number of halogens is 1. The monoisotopic (exact) mass is 480 g/mol. The molecule has 1 aromatic heterocycles. The van der Waals surface area contributed by atoms with Gasteiger partial charge in [-0.15, -0.1) is 0 Å². The number of likely N-dealkylation sites (tertiary alicyclic amines) is 1. The third-order valence-corrected chi connectivity index (χ3v) is 5.77. The number of carbonyl (C=O) groups excluding carboxylic acids is 3. The first-order valence-electron chi connectivity index (χ1n) is 10.0. The van der Waals surface area contributed by atoms with Gasteiger partial charge in [-0.3, -0.25) is 19.4 Å². The van der Waals surface area contributed by atoms with Crippen LogP contribution in [0.1, 0.15) is 23.2 Å². The number of nitrogens with one attached hydrogen (secondary N) is 2. The Balaban J connectivity index is 1.36. The van der Waals surface area contributed by atoms with Gasteiger partial charge < -0.3 is 15.5 Å². The predicted molar refractivity (Wildman–Crippen MR) is 122 cm³/mol. The standard InChI is InChI=1S/C23H21BrN4O3/c24-17-10-8-16(9-11-17)23(31)28-13-3-7-19(28)22(30)26-14-20(29)27-18-6-1-4-15-5-2-12-25-21(15)18/h1-2,4-6,8-12,19H,3,7,13-14H2,(H,26,30)(H,27,29). The predicted octanol–water partition coefficient (Wildman–Crippen LogP) is 3.36. The first-order chi connectivity index (χ1) is 15.0. The van der Waals surface area contributed by atoms with Gasteiger partial charge in [0.05, 0.1) is 17.7 Å². The number of para-hydroxylation sites is 1. The van der Waals surface area contributed by atoms with E-state index in [0.717, 1.165) is 16.3 Å². The molecule has 0 aliphatic carbocycles. The zero-order chi connectivity index (χ0) is 21.8. The summed E-state index contributed by atoms with van der Waals surface area (Å²) in [6.07, 6.45) is 2.98. The molecule has 1 fully saturated rings. The maximum absolute atomic E-state index is 12.8. The molecule has 0 saturated carbocycles. The maximum atomic E-state index is 12.8. The molecule has 31 heavy (non-hydrogen) atoms. The van der Waals surface area contributed by atoms with Gasteiger partial charge in [-0.05, 0) is 49.2 Å². The van der Waals surface area contributed by atoms with E-state index in [2.05, 4.69) is 31.5 Å². The lowest BCUT2D eigenvalue weighted by Crippen LogP contribution is -2.47. The van der Waals surface area contributed by atoms with E-state index in [1.54, 1.807) is 41.4 Å². The summed E-state index contributed by atoms with van der Waals surface area (Å²) in [4.78, 5) is 43.8. The van der Waals surface area contributed by atoms with E-state index >= 15 is 0 Å². The lowest BCUT2D eigenvalue weighted by molar-refractivity contribution is -0.127. The highest BCUT2D eigenvalue weighted by atomic mass is 79.9. The summed E-state index contributed by atoms with van der Waals surface area (Å²) in [7, 11) is 0. The molecule has 1 aliphatic rings. The van der Waals surface area contributed by atoms with Crippen LogP contribution in [0.3, 0.4) is 0 Å². The smallest absolute Gasteiger partial charge is 0.254 e. The molecule has 4 rings (SSSR count). The first kappa shape index (κ1) is 21.0. The van der Waals surface area contributed by atoms with Crippen LogP contribution in [0.4, 0.5) is 5.69 Å². The molecule has 1 unspecified atom stereocenters. The van der Waals surface area contributed by atoms with Crippen LogP contribution in [-0.4, -0.2) is 46.7 Å². The number of fused-ring (bicyclic) bond motifs is 1. The third kappa shape index (κ3) is 4.74. The molecule has 0 bridgehead atoms. The Kier molecular flexibility index (Phi) is 6.27. The lowest BCUT2D eigenvalue weighted by Gasteiger charge is -2.24. The number of amides is 3. The molecule has 3 aromatic rings. The number of carbonyl (C=O) groups is 3. The summed E-state index contributed by atoms with van der Waals surface area (Å²) in [6, 6.07) is 15.7. The van der Waals surface area contributed by atoms with Crippen molar-refractivity contribution in [3.05, 3.63) is 70.8 Å². The second kappa shape index (κ2) is 9.26. The fourth-order valence-corrected chi connectivity index (χ4v) is 3.99. The first-order valence-corrected chi connectivity index (χ1v) is 10.8. The van der Waals surface area contributed by atoms with Crippen LogP contribution in [0.15, 0.2) is 65.3 Å². The second-order valence-corrected chi connectivity index (χ2v) is 8.23. The summed E-state index contributed by atoms with van der Waals surface area (Å²) in [5.74, 6) is -0.860. The topological polar surface area (TPSA) is 91.4 Å². The lowest BCUT2D eigenvalue weighted by atomic mass is 10.1. The van der Waals surface area contributed by atoms with Crippen molar-refractivity contribution in [3.8, 4) is 0 Å². The van der Waals surface area contributed by atoms with E-state index in [1.165, 1.54) is 0 Å². The molecule has 2 N–H and O–H groups in total. The minimum absolute atomic E-state index is 0.182. The third-order valence-electron chi connectivity index (χ3n) is 5.24. The van der Waals surface area contributed by atoms with Crippen molar-refractivity contribution in [3.63, 3.8) is 0 Å². The van der Waals surface area contributed by atoms with Crippen LogP contribution in [0.25, 0.3) is 10.9 Å². The highest BCUT2D eigenvalue weighted by Gasteiger charge is 2.34. The number of anilines is 1. The number of hydrogen-bond acceptors (Lipinski definition) is 4. The summed E-state index contributed by atoms with van der Waals surface area (Å²) in [5, 5.41) is 6.37. The molecule has 158 valence electrons. The Morgan fingerprint density at radius 2 is 1.84 bits per heavy atom. The quantitative estimate of drug-likeness (QED) is 0.585. The average Bonchev–Trinajstić information content (AvgIpc) is 3.28. The molecule has 7 nitrogen and oxygen atoms in total. The zero-order valence-electron chi connectivity index (χ0n) is 16.7. The Hall–Kier alpha value is -3.26. The SMILES string of the molecule is O=C(CNC(=O)C1CCCN1C(=O)c1ccc(Br)cc1)Nc1cccc2cccnc12. The van der Waals surface area contributed by atoms with E-state index < -0.39 is 6.04 Å². The van der Waals surface area contributed by atoms with Crippen molar-refractivity contribution in [2.75, 3.05) is 18.4 Å². The van der Waals surface area contributed by atoms with Gasteiger partial charge in [0.2, 0.25) is 11.8 Å². The number of aromatic nitrogens is 1. The summed E-state index contributed by atoms with van der Waals surface area (Å²) in [6.45, 7) is 0.333. The molecule has 1 atom stereocenters. The van der Waals surface area contributed by atoms with Crippen molar-refractivity contribution in [1.29, 1.82) is 0 Å². The van der Waals surface area contributed by atoms with Gasteiger partial charge in [-0.25, -0.2) is 0 Å². The Morgan fingerprint density at radius 3 is 2.65 bits per heavy atom. The summed E-state index contributed by atoms with van der Waals surface area (Å²) < 4.78 is 0.882. The van der Waals surface area contributed by atoms with Crippen LogP contribution < -0.4 is 10.6 Å². The van der Waals surface area contributed by atoms with Crippen LogP contribution in [0.5, 0.6) is 0 Å². The van der Waals surface area contributed by atoms with Gasteiger partial charge in [0.25, 0.3) is 5.91 Å². The van der Waals surface area contributed by atoms with Crippen molar-refractivity contribution in [1.82, 2.24) is 15.2 Å². The van der Waals surface area contributed by atoms with Gasteiger partial charge in [-0.2, -0.15) is 0 Å². The van der Waals surface area contributed by atoms with E-state index in [4.69, 9.17) is 0 Å². The van der Waals surface area contributed by atoms with E-state index in [1.807, 2.05) is 24.3 Å². The zero-order valence-corrected chi connectivity index (χ0v) is 18.3. The second-order valence-electron chi connectivity index (χ2n) is 7.31. The van der Waals surface area contributed by atoms with Gasteiger partial charge in [0.15, 0.2) is 0 Å². The van der Waals surface area contributed by atoms with Crippen LogP contribution in [0.2, 0.25) is 0 Å². The molecule has 0 spiro atoms. The van der Waals surface area contributed by atoms with Crippen LogP contribution >= 0.6 is 15.9 Å². The van der Waals surface area contributed by atoms with Crippen molar-refractivity contribution in [2.45, 2.75) is 18.9 Å². The Bertz CT molecular complexity index is 1130. The van der Waals surface area contributed by atoms with Crippen molar-refractivity contribution in [2.24, 2.45) is 0 Å². The molecule has 3 amide bonds. The highest BCUT2D eigenvalue weighted by Crippen LogP contribution is 2.22. The Labute approximate surface area is 188 Å². The van der Waals surface area contributed by atoms with Gasteiger partial charge >= 0.3 is 0 Å². The molecular weight excluding hydrogens is 460 g/mol. The molecule has 1 aliphatic heterocycles. The number of benzene rings is 2. The molecule has 8 heteroatoms. The number of rotatable bonds is 5. The number of hydrogen-bond donors (Lipinski definition) is 2. The van der Waals surface area contributed by atoms with Crippen LogP contribution in [0, 0.1) is 0 Å². The molecule has 2 aromatic carbocycles. The van der Waals surface area contributed by atoms with Gasteiger partial charge in [-0.1, -0.05) is 34.1 Å². The fraction of sp³-hybridized carbons (Fsp3) is 0.217. The van der Waals surface area contributed by atoms with Crippen molar-refractivity contribution < 1.29 is 14.4 Å². The molecular formula is C23H21BrN4O3. The fourth-order valence-electron chi connectivity index (χ4n) is 3.73. The number of nitrogens with zero attached hydrogens (tertiary/aromatic N) is 2. The summed E-state index contributed by atoms with van der Waals surface area (Å²) in [5.41, 5.74) is 1.81.